The van der Waals surface area contributed by atoms with Crippen LogP contribution in [0.1, 0.15) is 12.0 Å². The second-order valence-corrected chi connectivity index (χ2v) is 8.72. The molecule has 7 heteroatoms. The van der Waals surface area contributed by atoms with E-state index in [9.17, 15) is 4.79 Å². The van der Waals surface area contributed by atoms with Crippen LogP contribution in [-0.4, -0.2) is 40.1 Å². The number of hydrogen-bond donors (Lipinski definition) is 0. The maximum Gasteiger partial charge on any atom is 0.237 e. The lowest BCUT2D eigenvalue weighted by Crippen LogP contribution is -2.36. The number of thioether (sulfide) groups is 1. The Kier molecular flexibility index (Phi) is 6.13. The summed E-state index contributed by atoms with van der Waals surface area (Å²) in [6, 6.07) is 25.9. The van der Waals surface area contributed by atoms with Crippen LogP contribution in [0.15, 0.2) is 84.0 Å². The Balaban J connectivity index is 1.44. The number of benzene rings is 3. The molecule has 1 amide bonds. The molecule has 0 aliphatic carbocycles. The number of nitrogens with zero attached hydrogens (tertiary/aromatic N) is 4. The number of para-hydroxylation sites is 2. The zero-order chi connectivity index (χ0) is 22.6. The van der Waals surface area contributed by atoms with Crippen LogP contribution in [0.2, 0.25) is 0 Å². The van der Waals surface area contributed by atoms with E-state index < -0.39 is 0 Å². The molecule has 0 spiro atoms. The van der Waals surface area contributed by atoms with Crippen molar-refractivity contribution in [2.45, 2.75) is 18.0 Å². The minimum Gasteiger partial charge on any atom is -0.497 e. The maximum absolute atomic E-state index is 13.2. The summed E-state index contributed by atoms with van der Waals surface area (Å²) in [6.07, 6.45) is 1.99. The van der Waals surface area contributed by atoms with Gasteiger partial charge in [-0.15, -0.1) is 10.2 Å². The number of aryl methyl sites for hydroxylation is 1. The fraction of sp³-hybridized carbons (Fsp3) is 0.192. The van der Waals surface area contributed by atoms with Gasteiger partial charge < -0.3 is 9.64 Å². The molecule has 0 saturated carbocycles. The number of rotatable bonds is 6. The minimum atomic E-state index is 0.0812. The highest BCUT2D eigenvalue weighted by atomic mass is 32.2. The number of carbonyl (C=O) groups excluding carboxylic acids is 1. The van der Waals surface area contributed by atoms with Crippen LogP contribution < -0.4 is 9.64 Å². The Morgan fingerprint density at radius 3 is 2.67 bits per heavy atom. The zero-order valence-electron chi connectivity index (χ0n) is 18.3. The highest BCUT2D eigenvalue weighted by Gasteiger charge is 2.24. The van der Waals surface area contributed by atoms with Gasteiger partial charge in [0, 0.05) is 23.5 Å². The number of amides is 1. The van der Waals surface area contributed by atoms with E-state index in [1.54, 1.807) is 7.11 Å². The molecule has 0 radical (unpaired) electrons. The van der Waals surface area contributed by atoms with Gasteiger partial charge in [0.2, 0.25) is 5.91 Å². The van der Waals surface area contributed by atoms with Crippen molar-refractivity contribution in [2.75, 3.05) is 24.3 Å². The van der Waals surface area contributed by atoms with Gasteiger partial charge >= 0.3 is 0 Å². The molecule has 166 valence electrons. The van der Waals surface area contributed by atoms with Crippen LogP contribution in [0.25, 0.3) is 17.1 Å². The summed E-state index contributed by atoms with van der Waals surface area (Å²) in [5, 5.41) is 9.60. The van der Waals surface area contributed by atoms with Crippen molar-refractivity contribution in [1.82, 2.24) is 14.8 Å². The van der Waals surface area contributed by atoms with Crippen molar-refractivity contribution in [3.8, 4) is 22.8 Å². The lowest BCUT2D eigenvalue weighted by Gasteiger charge is -2.29. The van der Waals surface area contributed by atoms with Crippen LogP contribution in [0.5, 0.6) is 5.75 Å². The Morgan fingerprint density at radius 2 is 1.82 bits per heavy atom. The summed E-state index contributed by atoms with van der Waals surface area (Å²) in [6.45, 7) is 0.747. The summed E-state index contributed by atoms with van der Waals surface area (Å²) < 4.78 is 7.39. The molecule has 0 saturated heterocycles. The average Bonchev–Trinajstić information content (AvgIpc) is 3.31. The molecule has 1 aromatic heterocycles. The van der Waals surface area contributed by atoms with Gasteiger partial charge in [-0.05, 0) is 48.7 Å². The second-order valence-electron chi connectivity index (χ2n) is 7.78. The first kappa shape index (κ1) is 21.3. The number of aromatic nitrogens is 3. The molecule has 33 heavy (non-hydrogen) atoms. The smallest absolute Gasteiger partial charge is 0.237 e. The van der Waals surface area contributed by atoms with Crippen LogP contribution in [0.4, 0.5) is 5.69 Å². The van der Waals surface area contributed by atoms with Crippen molar-refractivity contribution in [1.29, 1.82) is 0 Å². The molecule has 4 aromatic rings. The van der Waals surface area contributed by atoms with Gasteiger partial charge in [0.15, 0.2) is 11.0 Å². The summed E-state index contributed by atoms with van der Waals surface area (Å²) in [7, 11) is 1.65. The number of fused-ring (bicyclic) bond motifs is 1. The van der Waals surface area contributed by atoms with E-state index in [1.807, 2.05) is 82.3 Å². The second kappa shape index (κ2) is 9.50. The predicted octanol–water partition coefficient (Wildman–Crippen LogP) is 5.01. The van der Waals surface area contributed by atoms with Crippen molar-refractivity contribution in [3.05, 3.63) is 84.4 Å². The van der Waals surface area contributed by atoms with Gasteiger partial charge in [0.25, 0.3) is 0 Å². The Hall–Kier alpha value is -3.58. The Bertz CT molecular complexity index is 1270. The van der Waals surface area contributed by atoms with Gasteiger partial charge in [-0.2, -0.15) is 0 Å². The third-order valence-corrected chi connectivity index (χ3v) is 6.63. The lowest BCUT2D eigenvalue weighted by atomic mass is 10.0. The van der Waals surface area contributed by atoms with E-state index in [4.69, 9.17) is 4.74 Å². The van der Waals surface area contributed by atoms with Crippen LogP contribution in [-0.2, 0) is 11.2 Å². The monoisotopic (exact) mass is 456 g/mol. The molecule has 0 unspecified atom stereocenters. The summed E-state index contributed by atoms with van der Waals surface area (Å²) in [4.78, 5) is 15.1. The van der Waals surface area contributed by atoms with E-state index in [2.05, 4.69) is 16.3 Å². The molecule has 2 heterocycles. The molecule has 0 bridgehead atoms. The van der Waals surface area contributed by atoms with E-state index >= 15 is 0 Å². The average molecular weight is 457 g/mol. The molecule has 5 rings (SSSR count). The van der Waals surface area contributed by atoms with Crippen LogP contribution >= 0.6 is 11.8 Å². The Morgan fingerprint density at radius 1 is 1.00 bits per heavy atom. The summed E-state index contributed by atoms with van der Waals surface area (Å²) in [5.41, 5.74) is 4.10. The standard InChI is InChI=1S/C26H24N4O2S/c1-32-22-14-7-10-20(17-22)25-27-28-26(30(25)21-12-3-2-4-13-21)33-18-24(31)29-16-8-11-19-9-5-6-15-23(19)29/h2-7,9-10,12-15,17H,8,11,16,18H2,1H3. The first-order chi connectivity index (χ1) is 16.2. The molecule has 0 atom stereocenters. The molecule has 1 aliphatic rings. The SMILES string of the molecule is COc1cccc(-c2nnc(SCC(=O)N3CCCc4ccccc43)n2-c2ccccc2)c1. The summed E-state index contributed by atoms with van der Waals surface area (Å²) >= 11 is 1.41. The van der Waals surface area contributed by atoms with Gasteiger partial charge in [0.1, 0.15) is 5.75 Å². The fourth-order valence-corrected chi connectivity index (χ4v) is 4.95. The summed E-state index contributed by atoms with van der Waals surface area (Å²) in [5.74, 6) is 1.83. The molecule has 3 aromatic carbocycles. The number of anilines is 1. The quantitative estimate of drug-likeness (QED) is 0.382. The fourth-order valence-electron chi connectivity index (χ4n) is 4.12. The van der Waals surface area contributed by atoms with Crippen molar-refractivity contribution in [2.24, 2.45) is 0 Å². The van der Waals surface area contributed by atoms with E-state index in [1.165, 1.54) is 17.3 Å². The van der Waals surface area contributed by atoms with E-state index in [0.29, 0.717) is 11.0 Å². The third kappa shape index (κ3) is 4.36. The predicted molar refractivity (Wildman–Crippen MR) is 131 cm³/mol. The normalized spacial score (nSPS) is 12.9. The van der Waals surface area contributed by atoms with E-state index in [-0.39, 0.29) is 11.7 Å². The van der Waals surface area contributed by atoms with Crippen LogP contribution in [0, 0.1) is 0 Å². The van der Waals surface area contributed by atoms with Crippen molar-refractivity contribution < 1.29 is 9.53 Å². The number of methoxy groups -OCH3 is 1. The first-order valence-corrected chi connectivity index (χ1v) is 11.9. The lowest BCUT2D eigenvalue weighted by molar-refractivity contribution is -0.116. The van der Waals surface area contributed by atoms with Crippen molar-refractivity contribution in [3.63, 3.8) is 0 Å². The number of carbonyl (C=O) groups is 1. The number of hydrogen-bond acceptors (Lipinski definition) is 5. The first-order valence-electron chi connectivity index (χ1n) is 10.9. The topological polar surface area (TPSA) is 60.3 Å². The maximum atomic E-state index is 13.2. The van der Waals surface area contributed by atoms with Crippen molar-refractivity contribution >= 4 is 23.4 Å². The molecule has 6 nitrogen and oxygen atoms in total. The molecular weight excluding hydrogens is 432 g/mol. The highest BCUT2D eigenvalue weighted by molar-refractivity contribution is 7.99. The Labute approximate surface area is 197 Å². The largest absolute Gasteiger partial charge is 0.497 e. The zero-order valence-corrected chi connectivity index (χ0v) is 19.2. The highest BCUT2D eigenvalue weighted by Crippen LogP contribution is 2.31. The number of ether oxygens (including phenoxy) is 1. The van der Waals surface area contributed by atoms with E-state index in [0.717, 1.165) is 42.1 Å². The van der Waals surface area contributed by atoms with Gasteiger partial charge in [-0.1, -0.05) is 60.3 Å². The van der Waals surface area contributed by atoms with Gasteiger partial charge in [-0.25, -0.2) is 0 Å². The molecule has 0 N–H and O–H groups in total. The van der Waals surface area contributed by atoms with Gasteiger partial charge in [-0.3, -0.25) is 9.36 Å². The molecule has 1 aliphatic heterocycles. The third-order valence-electron chi connectivity index (χ3n) is 5.71. The van der Waals surface area contributed by atoms with Crippen LogP contribution in [0.3, 0.4) is 0 Å². The molecular formula is C26H24N4O2S. The van der Waals surface area contributed by atoms with Gasteiger partial charge in [0.05, 0.1) is 12.9 Å². The molecule has 0 fully saturated rings. The minimum absolute atomic E-state index is 0.0812.